The van der Waals surface area contributed by atoms with Crippen molar-refractivity contribution in [2.45, 2.75) is 26.7 Å². The van der Waals surface area contributed by atoms with Gasteiger partial charge in [0.15, 0.2) is 0 Å². The number of hydrogen-bond donors (Lipinski definition) is 1. The monoisotopic (exact) mass is 142 g/mol. The van der Waals surface area contributed by atoms with E-state index in [0.717, 1.165) is 6.42 Å². The molecule has 0 heterocycles. The van der Waals surface area contributed by atoms with Crippen molar-refractivity contribution in [2.24, 2.45) is 5.92 Å². The summed E-state index contributed by atoms with van der Waals surface area (Å²) in [6, 6.07) is 0. The normalized spacial score (nSPS) is 12.4. The topological polar surface area (TPSA) is 20.2 Å². The Morgan fingerprint density at radius 2 is 2.00 bits per heavy atom. The molecule has 0 spiro atoms. The van der Waals surface area contributed by atoms with Crippen LogP contribution in [0, 0.1) is 5.92 Å². The summed E-state index contributed by atoms with van der Waals surface area (Å²) < 4.78 is 0. The van der Waals surface area contributed by atoms with E-state index in [1.54, 1.807) is 0 Å². The second-order valence-electron chi connectivity index (χ2n) is 2.08. The molecule has 0 aromatic rings. The molecule has 0 bridgehead atoms. The average molecular weight is 142 g/mol. The molecule has 0 aromatic heterocycles. The minimum absolute atomic E-state index is 0. The van der Waals surface area contributed by atoms with Crippen molar-refractivity contribution in [3.8, 4) is 0 Å². The number of rotatable bonds is 3. The van der Waals surface area contributed by atoms with E-state index >= 15 is 0 Å². The van der Waals surface area contributed by atoms with Crippen molar-refractivity contribution in [3.63, 3.8) is 0 Å². The molecular formula is C6H15KO. The van der Waals surface area contributed by atoms with E-state index in [0.29, 0.717) is 12.5 Å². The molecule has 0 saturated heterocycles. The van der Waals surface area contributed by atoms with Gasteiger partial charge in [-0.2, -0.15) is 0 Å². The second-order valence-corrected chi connectivity index (χ2v) is 2.08. The van der Waals surface area contributed by atoms with Crippen LogP contribution in [0.5, 0.6) is 0 Å². The molecular weight excluding hydrogens is 127 g/mol. The Morgan fingerprint density at radius 1 is 1.50 bits per heavy atom. The predicted octanol–water partition coefficient (Wildman–Crippen LogP) is 0.766. The first-order valence-electron chi connectivity index (χ1n) is 2.92. The van der Waals surface area contributed by atoms with Crippen LogP contribution < -0.4 is 0 Å². The van der Waals surface area contributed by atoms with Gasteiger partial charge in [-0.05, 0) is 12.3 Å². The summed E-state index contributed by atoms with van der Waals surface area (Å²) in [7, 11) is 0. The zero-order valence-corrected chi connectivity index (χ0v) is 5.15. The molecule has 1 atom stereocenters. The van der Waals surface area contributed by atoms with Crippen molar-refractivity contribution in [3.05, 3.63) is 0 Å². The van der Waals surface area contributed by atoms with Crippen molar-refractivity contribution in [1.29, 1.82) is 0 Å². The van der Waals surface area contributed by atoms with Gasteiger partial charge >= 0.3 is 51.4 Å². The van der Waals surface area contributed by atoms with Crippen LogP contribution in [-0.4, -0.2) is 63.1 Å². The maximum atomic E-state index is 8.47. The molecule has 8 heavy (non-hydrogen) atoms. The van der Waals surface area contributed by atoms with E-state index in [2.05, 4.69) is 13.8 Å². The Balaban J connectivity index is 0. The van der Waals surface area contributed by atoms with Gasteiger partial charge in [0.25, 0.3) is 0 Å². The molecule has 0 saturated carbocycles. The molecule has 46 valence electrons. The third-order valence-electron chi connectivity index (χ3n) is 1.09. The first kappa shape index (κ1) is 12.3. The summed E-state index contributed by atoms with van der Waals surface area (Å²) in [5.41, 5.74) is 0. The van der Waals surface area contributed by atoms with Crippen molar-refractivity contribution in [1.82, 2.24) is 0 Å². The van der Waals surface area contributed by atoms with Crippen molar-refractivity contribution in [2.75, 3.05) is 6.61 Å². The number of hydrogen-bond acceptors (Lipinski definition) is 1. The van der Waals surface area contributed by atoms with E-state index in [1.165, 1.54) is 6.42 Å². The molecule has 0 fully saturated rings. The first-order chi connectivity index (χ1) is 3.31. The van der Waals surface area contributed by atoms with Crippen LogP contribution in [-0.2, 0) is 0 Å². The summed E-state index contributed by atoms with van der Waals surface area (Å²) in [6.45, 7) is 4.53. The molecule has 0 aliphatic heterocycles. The van der Waals surface area contributed by atoms with Gasteiger partial charge in [-0.25, -0.2) is 0 Å². The molecule has 1 nitrogen and oxygen atoms in total. The van der Waals surface area contributed by atoms with Gasteiger partial charge in [-0.3, -0.25) is 0 Å². The van der Waals surface area contributed by atoms with Gasteiger partial charge < -0.3 is 5.11 Å². The van der Waals surface area contributed by atoms with Crippen LogP contribution in [0.25, 0.3) is 0 Å². The van der Waals surface area contributed by atoms with Crippen LogP contribution >= 0.6 is 0 Å². The van der Waals surface area contributed by atoms with Crippen LogP contribution in [0.2, 0.25) is 0 Å². The zero-order valence-electron chi connectivity index (χ0n) is 5.15. The molecule has 0 rings (SSSR count). The number of aliphatic hydroxyl groups is 1. The Bertz CT molecular complexity index is 39.5. The molecule has 1 N–H and O–H groups in total. The Hall–Kier alpha value is 1.60. The third kappa shape index (κ3) is 7.60. The molecule has 2 heteroatoms. The quantitative estimate of drug-likeness (QED) is 0.577. The number of aliphatic hydroxyl groups excluding tert-OH is 1. The summed E-state index contributed by atoms with van der Waals surface area (Å²) in [6.07, 6.45) is 2.33. The molecule has 0 amide bonds. The standard InChI is InChI=1S/C6H14O.K.H/c1-3-4-6(2)5-7;;/h6-7H,3-5H2,1-2H3;;. The Labute approximate surface area is 94.3 Å². The van der Waals surface area contributed by atoms with Gasteiger partial charge in [0.2, 0.25) is 0 Å². The van der Waals surface area contributed by atoms with Crippen molar-refractivity contribution >= 4 is 51.4 Å². The average Bonchev–Trinajstić information content (AvgIpc) is 1.68. The molecule has 0 radical (unpaired) electrons. The second kappa shape index (κ2) is 8.60. The molecule has 0 aromatic carbocycles. The zero-order chi connectivity index (χ0) is 5.70. The SMILES string of the molecule is CCCC(C)CO.[KH]. The molecule has 0 aliphatic rings. The van der Waals surface area contributed by atoms with Gasteiger partial charge in [-0.1, -0.05) is 20.3 Å². The summed E-state index contributed by atoms with van der Waals surface area (Å²) in [5.74, 6) is 0.505. The molecule has 1 unspecified atom stereocenters. The van der Waals surface area contributed by atoms with Crippen LogP contribution in [0.15, 0.2) is 0 Å². The van der Waals surface area contributed by atoms with Crippen molar-refractivity contribution < 1.29 is 5.11 Å². The van der Waals surface area contributed by atoms with E-state index < -0.39 is 0 Å². The van der Waals surface area contributed by atoms with E-state index in [9.17, 15) is 0 Å². The molecule has 0 aliphatic carbocycles. The Kier molecular flexibility index (Phi) is 13.2. The van der Waals surface area contributed by atoms with E-state index in [1.807, 2.05) is 0 Å². The van der Waals surface area contributed by atoms with Crippen LogP contribution in [0.3, 0.4) is 0 Å². The fraction of sp³-hybridized carbons (Fsp3) is 1.00. The van der Waals surface area contributed by atoms with Gasteiger partial charge in [0.05, 0.1) is 0 Å². The van der Waals surface area contributed by atoms with Crippen LogP contribution in [0.1, 0.15) is 26.7 Å². The maximum absolute atomic E-state index is 8.47. The van der Waals surface area contributed by atoms with E-state index in [-0.39, 0.29) is 51.4 Å². The fourth-order valence-electron chi connectivity index (χ4n) is 0.584. The van der Waals surface area contributed by atoms with Gasteiger partial charge in [0.1, 0.15) is 0 Å². The third-order valence-corrected chi connectivity index (χ3v) is 1.09. The Morgan fingerprint density at radius 3 is 2.12 bits per heavy atom. The van der Waals surface area contributed by atoms with Gasteiger partial charge in [0, 0.05) is 6.61 Å². The van der Waals surface area contributed by atoms with Gasteiger partial charge in [-0.15, -0.1) is 0 Å². The minimum atomic E-state index is 0. The van der Waals surface area contributed by atoms with E-state index in [4.69, 9.17) is 5.11 Å². The summed E-state index contributed by atoms with van der Waals surface area (Å²) >= 11 is 0. The van der Waals surface area contributed by atoms with Crippen LogP contribution in [0.4, 0.5) is 0 Å². The predicted molar refractivity (Wildman–Crippen MR) is 38.3 cm³/mol. The summed E-state index contributed by atoms with van der Waals surface area (Å²) in [4.78, 5) is 0. The fourth-order valence-corrected chi connectivity index (χ4v) is 0.584. The summed E-state index contributed by atoms with van der Waals surface area (Å²) in [5, 5.41) is 8.47. The first-order valence-corrected chi connectivity index (χ1v) is 2.92.